The molecule has 0 fully saturated rings. The summed E-state index contributed by atoms with van der Waals surface area (Å²) in [6.45, 7) is 13.2. The van der Waals surface area contributed by atoms with Gasteiger partial charge in [0.05, 0.1) is 12.8 Å². The molecule has 1 aliphatic rings. The Morgan fingerprint density at radius 2 is 1.48 bits per heavy atom. The molecule has 2 heteroatoms. The Kier molecular flexibility index (Phi) is 4.73. The zero-order valence-corrected chi connectivity index (χ0v) is 16.5. The molecule has 2 aromatic carbocycles. The molecule has 0 bridgehead atoms. The average molecular weight is 335 g/mol. The third-order valence-corrected chi connectivity index (χ3v) is 5.75. The number of aryl methyl sites for hydroxylation is 4. The van der Waals surface area contributed by atoms with Gasteiger partial charge in [-0.15, -0.1) is 0 Å². The SMILES string of the molecule is COc1c(C)cc(/N=C2\C[C@H](C)[C@H](C)c3cc(C)c(C)cc32)cc1C. The molecular formula is C23H29NO. The molecule has 0 N–H and O–H groups in total. The van der Waals surface area contributed by atoms with E-state index in [4.69, 9.17) is 9.73 Å². The highest BCUT2D eigenvalue weighted by Crippen LogP contribution is 2.38. The number of aliphatic imine (C=N–C) groups is 1. The van der Waals surface area contributed by atoms with Crippen molar-refractivity contribution < 1.29 is 4.74 Å². The summed E-state index contributed by atoms with van der Waals surface area (Å²) in [6, 6.07) is 8.95. The third-order valence-electron chi connectivity index (χ3n) is 5.75. The molecule has 2 aromatic rings. The first-order valence-electron chi connectivity index (χ1n) is 9.16. The molecule has 1 aliphatic carbocycles. The lowest BCUT2D eigenvalue weighted by molar-refractivity contribution is 0.408. The Bertz CT molecular complexity index is 824. The van der Waals surface area contributed by atoms with Gasteiger partial charge in [0.15, 0.2) is 0 Å². The van der Waals surface area contributed by atoms with Gasteiger partial charge in [-0.25, -0.2) is 0 Å². The molecule has 0 amide bonds. The summed E-state index contributed by atoms with van der Waals surface area (Å²) in [5.41, 5.74) is 10.0. The first kappa shape index (κ1) is 17.7. The van der Waals surface area contributed by atoms with E-state index in [0.29, 0.717) is 11.8 Å². The average Bonchev–Trinajstić information content (AvgIpc) is 2.54. The Morgan fingerprint density at radius 3 is 2.08 bits per heavy atom. The summed E-state index contributed by atoms with van der Waals surface area (Å²) in [5, 5.41) is 0. The number of ether oxygens (including phenoxy) is 1. The van der Waals surface area contributed by atoms with E-state index in [-0.39, 0.29) is 0 Å². The highest BCUT2D eigenvalue weighted by Gasteiger charge is 2.27. The normalized spacial score (nSPS) is 21.3. The van der Waals surface area contributed by atoms with E-state index < -0.39 is 0 Å². The zero-order chi connectivity index (χ0) is 18.3. The maximum absolute atomic E-state index is 5.49. The fraction of sp³-hybridized carbons (Fsp3) is 0.435. The second kappa shape index (κ2) is 6.67. The van der Waals surface area contributed by atoms with Gasteiger partial charge in [0.25, 0.3) is 0 Å². The van der Waals surface area contributed by atoms with Gasteiger partial charge in [-0.3, -0.25) is 4.99 Å². The van der Waals surface area contributed by atoms with Crippen LogP contribution in [0.25, 0.3) is 0 Å². The van der Waals surface area contributed by atoms with Gasteiger partial charge >= 0.3 is 0 Å². The molecule has 0 radical (unpaired) electrons. The van der Waals surface area contributed by atoms with Crippen molar-refractivity contribution in [3.05, 3.63) is 57.6 Å². The van der Waals surface area contributed by atoms with Crippen LogP contribution in [0.2, 0.25) is 0 Å². The van der Waals surface area contributed by atoms with Crippen LogP contribution < -0.4 is 4.74 Å². The molecule has 0 heterocycles. The van der Waals surface area contributed by atoms with Crippen LogP contribution in [0, 0.1) is 33.6 Å². The number of methoxy groups -OCH3 is 1. The molecule has 2 nitrogen and oxygen atoms in total. The van der Waals surface area contributed by atoms with E-state index >= 15 is 0 Å². The van der Waals surface area contributed by atoms with E-state index in [9.17, 15) is 0 Å². The van der Waals surface area contributed by atoms with Crippen molar-refractivity contribution in [3.63, 3.8) is 0 Å². The topological polar surface area (TPSA) is 21.6 Å². The zero-order valence-electron chi connectivity index (χ0n) is 16.5. The second-order valence-corrected chi connectivity index (χ2v) is 7.67. The van der Waals surface area contributed by atoms with E-state index in [1.54, 1.807) is 7.11 Å². The van der Waals surface area contributed by atoms with Crippen molar-refractivity contribution in [1.82, 2.24) is 0 Å². The van der Waals surface area contributed by atoms with Crippen molar-refractivity contribution in [2.45, 2.75) is 53.9 Å². The molecule has 0 spiro atoms. The van der Waals surface area contributed by atoms with Crippen molar-refractivity contribution >= 4 is 11.4 Å². The van der Waals surface area contributed by atoms with Crippen LogP contribution in [0.4, 0.5) is 5.69 Å². The lowest BCUT2D eigenvalue weighted by atomic mass is 9.75. The van der Waals surface area contributed by atoms with Gasteiger partial charge in [-0.1, -0.05) is 19.9 Å². The van der Waals surface area contributed by atoms with E-state index in [0.717, 1.165) is 29.0 Å². The predicted molar refractivity (Wildman–Crippen MR) is 107 cm³/mol. The minimum absolute atomic E-state index is 0.576. The van der Waals surface area contributed by atoms with Gasteiger partial charge in [-0.05, 0) is 97.5 Å². The summed E-state index contributed by atoms with van der Waals surface area (Å²) in [5.74, 6) is 2.14. The van der Waals surface area contributed by atoms with Gasteiger partial charge in [-0.2, -0.15) is 0 Å². The number of fused-ring (bicyclic) bond motifs is 1. The van der Waals surface area contributed by atoms with Crippen molar-refractivity contribution in [2.75, 3.05) is 7.11 Å². The molecule has 132 valence electrons. The van der Waals surface area contributed by atoms with E-state index in [1.807, 2.05) is 0 Å². The van der Waals surface area contributed by atoms with Crippen molar-refractivity contribution in [3.8, 4) is 5.75 Å². The fourth-order valence-electron chi connectivity index (χ4n) is 3.94. The van der Waals surface area contributed by atoms with Crippen LogP contribution in [-0.2, 0) is 0 Å². The van der Waals surface area contributed by atoms with Crippen molar-refractivity contribution in [1.29, 1.82) is 0 Å². The van der Waals surface area contributed by atoms with Crippen LogP contribution in [0.5, 0.6) is 5.75 Å². The van der Waals surface area contributed by atoms with E-state index in [2.05, 4.69) is 65.8 Å². The molecule has 2 atom stereocenters. The summed E-state index contributed by atoms with van der Waals surface area (Å²) < 4.78 is 5.49. The number of nitrogens with zero attached hydrogens (tertiary/aromatic N) is 1. The minimum Gasteiger partial charge on any atom is -0.496 e. The third kappa shape index (κ3) is 3.22. The maximum Gasteiger partial charge on any atom is 0.124 e. The lowest BCUT2D eigenvalue weighted by Crippen LogP contribution is -2.22. The summed E-state index contributed by atoms with van der Waals surface area (Å²) in [4.78, 5) is 5.07. The maximum atomic E-state index is 5.49. The summed E-state index contributed by atoms with van der Waals surface area (Å²) in [6.07, 6.45) is 1.03. The van der Waals surface area contributed by atoms with Crippen LogP contribution in [0.3, 0.4) is 0 Å². The molecule has 0 aromatic heterocycles. The molecular weight excluding hydrogens is 306 g/mol. The molecule has 3 rings (SSSR count). The first-order chi connectivity index (χ1) is 11.8. The van der Waals surface area contributed by atoms with Gasteiger partial charge in [0, 0.05) is 5.71 Å². The minimum atomic E-state index is 0.576. The molecule has 0 saturated carbocycles. The van der Waals surface area contributed by atoms with Crippen LogP contribution >= 0.6 is 0 Å². The molecule has 0 saturated heterocycles. The van der Waals surface area contributed by atoms with Crippen LogP contribution in [0.1, 0.15) is 59.6 Å². The largest absolute Gasteiger partial charge is 0.496 e. The Hall–Kier alpha value is -2.09. The van der Waals surface area contributed by atoms with Gasteiger partial charge in [0.2, 0.25) is 0 Å². The Morgan fingerprint density at radius 1 is 0.880 bits per heavy atom. The smallest absolute Gasteiger partial charge is 0.124 e. The summed E-state index contributed by atoms with van der Waals surface area (Å²) >= 11 is 0. The molecule has 0 aliphatic heterocycles. The highest BCUT2D eigenvalue weighted by molar-refractivity contribution is 6.04. The number of benzene rings is 2. The predicted octanol–water partition coefficient (Wildman–Crippen LogP) is 6.19. The first-order valence-corrected chi connectivity index (χ1v) is 9.16. The van der Waals surface area contributed by atoms with Crippen molar-refractivity contribution in [2.24, 2.45) is 10.9 Å². The highest BCUT2D eigenvalue weighted by atomic mass is 16.5. The standard InChI is InChI=1S/C23H29NO/c1-13-10-20-18(6)15(3)12-22(21(20)11-14(13)2)24-19-8-16(4)23(25-7)17(5)9-19/h8-11,15,18H,12H2,1-7H3/b24-22+/t15-,18-/m0/s1. The second-order valence-electron chi connectivity index (χ2n) is 7.67. The van der Waals surface area contributed by atoms with Crippen LogP contribution in [-0.4, -0.2) is 12.8 Å². The van der Waals surface area contributed by atoms with Gasteiger partial charge in [0.1, 0.15) is 5.75 Å². The Labute approximate surface area is 152 Å². The molecule has 0 unspecified atom stereocenters. The van der Waals surface area contributed by atoms with Gasteiger partial charge < -0.3 is 4.74 Å². The lowest BCUT2D eigenvalue weighted by Gasteiger charge is -2.31. The number of hydrogen-bond donors (Lipinski definition) is 0. The number of hydrogen-bond acceptors (Lipinski definition) is 2. The monoisotopic (exact) mass is 335 g/mol. The fourth-order valence-corrected chi connectivity index (χ4v) is 3.94. The van der Waals surface area contributed by atoms with E-state index in [1.165, 1.54) is 28.0 Å². The van der Waals surface area contributed by atoms with Crippen LogP contribution in [0.15, 0.2) is 29.3 Å². The Balaban J connectivity index is 2.14. The quantitative estimate of drug-likeness (QED) is 0.641. The summed E-state index contributed by atoms with van der Waals surface area (Å²) in [7, 11) is 1.73. The molecule has 25 heavy (non-hydrogen) atoms. The number of rotatable bonds is 2.